The van der Waals surface area contributed by atoms with E-state index in [1.54, 1.807) is 0 Å². The van der Waals surface area contributed by atoms with Crippen LogP contribution in [-0.4, -0.2) is 23.9 Å². The molecule has 0 spiro atoms. The van der Waals surface area contributed by atoms with Crippen LogP contribution in [0.3, 0.4) is 0 Å². The van der Waals surface area contributed by atoms with Crippen molar-refractivity contribution < 1.29 is 4.79 Å². The molecule has 0 bridgehead atoms. The first-order valence-electron chi connectivity index (χ1n) is 6.81. The number of anilines is 1. The summed E-state index contributed by atoms with van der Waals surface area (Å²) in [5, 5.41) is 0.990. The molecule has 0 aliphatic rings. The lowest BCUT2D eigenvalue weighted by atomic mass is 10.0. The average Bonchev–Trinajstić information content (AvgIpc) is 2.82. The molecule has 1 aromatic rings. The van der Waals surface area contributed by atoms with Gasteiger partial charge in [-0.3, -0.25) is 4.79 Å². The summed E-state index contributed by atoms with van der Waals surface area (Å²) in [7, 11) is 0. The van der Waals surface area contributed by atoms with Crippen LogP contribution in [0.15, 0.2) is 0 Å². The maximum absolute atomic E-state index is 11.2. The van der Waals surface area contributed by atoms with Crippen LogP contribution in [0, 0.1) is 0 Å². The Hall–Kier alpha value is -0.900. The van der Waals surface area contributed by atoms with E-state index >= 15 is 0 Å². The number of carbonyl (C=O) groups is 1. The van der Waals surface area contributed by atoms with Crippen molar-refractivity contribution in [2.75, 3.05) is 11.4 Å². The minimum Gasteiger partial charge on any atom is -0.346 e. The van der Waals surface area contributed by atoms with Gasteiger partial charge in [0, 0.05) is 12.6 Å². The quantitative estimate of drug-likeness (QED) is 0.698. The summed E-state index contributed by atoms with van der Waals surface area (Å²) >= 11 is 1.53. The van der Waals surface area contributed by atoms with Crippen LogP contribution in [0.1, 0.15) is 68.7 Å². The Morgan fingerprint density at radius 1 is 1.28 bits per heavy atom. The Morgan fingerprint density at radius 2 is 1.94 bits per heavy atom. The molecular formula is C14H24N2OS. The first-order chi connectivity index (χ1) is 8.58. The van der Waals surface area contributed by atoms with Gasteiger partial charge in [0.05, 0.1) is 10.6 Å². The van der Waals surface area contributed by atoms with Crippen LogP contribution in [0.2, 0.25) is 0 Å². The van der Waals surface area contributed by atoms with E-state index in [2.05, 4.69) is 39.5 Å². The van der Waals surface area contributed by atoms with E-state index in [0.29, 0.717) is 12.0 Å². The summed E-state index contributed by atoms with van der Waals surface area (Å²) in [6.45, 7) is 11.7. The lowest BCUT2D eigenvalue weighted by Gasteiger charge is -2.26. The Kier molecular flexibility index (Phi) is 5.79. The van der Waals surface area contributed by atoms with Gasteiger partial charge in [-0.15, -0.1) is 0 Å². The zero-order chi connectivity index (χ0) is 13.7. The molecule has 2 atom stereocenters. The number of nitrogens with zero attached hydrogens (tertiary/aromatic N) is 2. The van der Waals surface area contributed by atoms with Crippen molar-refractivity contribution in [1.29, 1.82) is 0 Å². The molecule has 0 fully saturated rings. The van der Waals surface area contributed by atoms with Gasteiger partial charge in [-0.1, -0.05) is 32.1 Å². The van der Waals surface area contributed by atoms with Crippen LogP contribution in [-0.2, 0) is 0 Å². The van der Waals surface area contributed by atoms with Gasteiger partial charge < -0.3 is 4.90 Å². The fourth-order valence-corrected chi connectivity index (χ4v) is 3.11. The minimum absolute atomic E-state index is 0.353. The van der Waals surface area contributed by atoms with Crippen LogP contribution in [0.25, 0.3) is 0 Å². The third kappa shape index (κ3) is 3.10. The van der Waals surface area contributed by atoms with Crippen LogP contribution in [0.4, 0.5) is 5.13 Å². The van der Waals surface area contributed by atoms with Gasteiger partial charge in [-0.25, -0.2) is 4.98 Å². The van der Waals surface area contributed by atoms with E-state index in [1.807, 2.05) is 0 Å². The number of rotatable bonds is 7. The fourth-order valence-electron chi connectivity index (χ4n) is 1.94. The molecule has 0 aromatic carbocycles. The predicted molar refractivity (Wildman–Crippen MR) is 79.0 cm³/mol. The first kappa shape index (κ1) is 15.2. The summed E-state index contributed by atoms with van der Waals surface area (Å²) in [6.07, 6.45) is 3.05. The zero-order valence-electron chi connectivity index (χ0n) is 12.1. The maximum Gasteiger partial charge on any atom is 0.186 e. The molecule has 0 saturated carbocycles. The molecule has 2 unspecified atom stereocenters. The highest BCUT2D eigenvalue weighted by molar-refractivity contribution is 7.17. The Balaban J connectivity index is 3.10. The van der Waals surface area contributed by atoms with Gasteiger partial charge in [0.15, 0.2) is 11.4 Å². The molecule has 0 aliphatic carbocycles. The molecule has 0 saturated heterocycles. The second kappa shape index (κ2) is 6.88. The molecule has 0 aliphatic heterocycles. The van der Waals surface area contributed by atoms with Crippen molar-refractivity contribution in [1.82, 2.24) is 4.98 Å². The largest absolute Gasteiger partial charge is 0.346 e. The van der Waals surface area contributed by atoms with Gasteiger partial charge >= 0.3 is 0 Å². The van der Waals surface area contributed by atoms with E-state index in [9.17, 15) is 4.79 Å². The lowest BCUT2D eigenvalue weighted by Crippen LogP contribution is -2.32. The molecule has 0 radical (unpaired) electrons. The normalized spacial score (nSPS) is 14.3. The molecule has 18 heavy (non-hydrogen) atoms. The molecule has 4 heteroatoms. The van der Waals surface area contributed by atoms with E-state index in [1.165, 1.54) is 11.3 Å². The Labute approximate surface area is 114 Å². The molecule has 1 rings (SSSR count). The highest BCUT2D eigenvalue weighted by atomic mass is 32.1. The molecule has 0 amide bonds. The Bertz CT molecular complexity index is 389. The zero-order valence-corrected chi connectivity index (χ0v) is 12.9. The minimum atomic E-state index is 0.353. The smallest absolute Gasteiger partial charge is 0.186 e. The number of carbonyl (C=O) groups excluding carboxylic acids is 1. The van der Waals surface area contributed by atoms with Crippen molar-refractivity contribution in [3.8, 4) is 0 Å². The number of hydrogen-bond acceptors (Lipinski definition) is 4. The second-order valence-electron chi connectivity index (χ2n) is 4.72. The van der Waals surface area contributed by atoms with E-state index < -0.39 is 0 Å². The predicted octanol–water partition coefficient (Wildman–Crippen LogP) is 4.09. The molecule has 0 N–H and O–H groups in total. The highest BCUT2D eigenvalue weighted by Gasteiger charge is 2.20. The van der Waals surface area contributed by atoms with E-state index in [0.717, 1.165) is 41.4 Å². The van der Waals surface area contributed by atoms with Gasteiger partial charge in [0.2, 0.25) is 0 Å². The maximum atomic E-state index is 11.2. The monoisotopic (exact) mass is 268 g/mol. The van der Waals surface area contributed by atoms with Crippen molar-refractivity contribution in [2.45, 2.75) is 59.4 Å². The molecule has 102 valence electrons. The number of thiazole rings is 1. The SMILES string of the molecule is CCC(C)c1nc(N(CC)C(C)CC)sc1C=O. The third-order valence-corrected chi connectivity index (χ3v) is 4.60. The number of hydrogen-bond donors (Lipinski definition) is 0. The molecule has 3 nitrogen and oxygen atoms in total. The fraction of sp³-hybridized carbons (Fsp3) is 0.714. The van der Waals surface area contributed by atoms with Crippen molar-refractivity contribution in [3.05, 3.63) is 10.6 Å². The molecule has 1 heterocycles. The topological polar surface area (TPSA) is 33.2 Å². The van der Waals surface area contributed by atoms with E-state index in [-0.39, 0.29) is 0 Å². The number of aromatic nitrogens is 1. The van der Waals surface area contributed by atoms with Crippen LogP contribution in [0.5, 0.6) is 0 Å². The van der Waals surface area contributed by atoms with Crippen molar-refractivity contribution in [2.24, 2.45) is 0 Å². The van der Waals surface area contributed by atoms with Gasteiger partial charge in [-0.05, 0) is 32.6 Å². The van der Waals surface area contributed by atoms with Gasteiger partial charge in [-0.2, -0.15) is 0 Å². The summed E-state index contributed by atoms with van der Waals surface area (Å²) in [5.74, 6) is 0.353. The highest BCUT2D eigenvalue weighted by Crippen LogP contribution is 2.32. The van der Waals surface area contributed by atoms with Gasteiger partial charge in [0.1, 0.15) is 0 Å². The van der Waals surface area contributed by atoms with Gasteiger partial charge in [0.25, 0.3) is 0 Å². The lowest BCUT2D eigenvalue weighted by molar-refractivity contribution is 0.112. The number of aldehydes is 1. The van der Waals surface area contributed by atoms with E-state index in [4.69, 9.17) is 4.98 Å². The van der Waals surface area contributed by atoms with Crippen LogP contribution < -0.4 is 4.90 Å². The molecular weight excluding hydrogens is 244 g/mol. The summed E-state index contributed by atoms with van der Waals surface area (Å²) < 4.78 is 0. The third-order valence-electron chi connectivity index (χ3n) is 3.57. The standard InChI is InChI=1S/C14H24N2OS/c1-6-10(4)13-12(9-17)18-14(15-13)16(8-3)11(5)7-2/h9-11H,6-8H2,1-5H3. The summed E-state index contributed by atoms with van der Waals surface area (Å²) in [6, 6.07) is 0.463. The molecule has 1 aromatic heterocycles. The summed E-state index contributed by atoms with van der Waals surface area (Å²) in [4.78, 5) is 18.9. The average molecular weight is 268 g/mol. The first-order valence-corrected chi connectivity index (χ1v) is 7.63. The Morgan fingerprint density at radius 3 is 2.39 bits per heavy atom. The summed E-state index contributed by atoms with van der Waals surface area (Å²) in [5.41, 5.74) is 0.967. The van der Waals surface area contributed by atoms with Crippen molar-refractivity contribution >= 4 is 22.8 Å². The second-order valence-corrected chi connectivity index (χ2v) is 5.73. The van der Waals surface area contributed by atoms with Crippen molar-refractivity contribution in [3.63, 3.8) is 0 Å². The van der Waals surface area contributed by atoms with Crippen LogP contribution >= 0.6 is 11.3 Å².